The fourth-order valence-electron chi connectivity index (χ4n) is 5.41. The molecule has 0 unspecified atom stereocenters. The van der Waals surface area contributed by atoms with Crippen molar-refractivity contribution in [3.8, 4) is 0 Å². The average Bonchev–Trinajstić information content (AvgIpc) is 3.32. The lowest BCUT2D eigenvalue weighted by molar-refractivity contribution is 0.0770. The second-order valence-electron chi connectivity index (χ2n) is 9.79. The molecule has 6 nitrogen and oxygen atoms in total. The predicted molar refractivity (Wildman–Crippen MR) is 134 cm³/mol. The van der Waals surface area contributed by atoms with Crippen molar-refractivity contribution < 1.29 is 9.59 Å². The lowest BCUT2D eigenvalue weighted by Gasteiger charge is -2.20. The molecule has 4 aliphatic heterocycles. The summed E-state index contributed by atoms with van der Waals surface area (Å²) in [5.41, 5.74) is 8.06. The van der Waals surface area contributed by atoms with Crippen molar-refractivity contribution in [3.05, 3.63) is 82.5 Å². The quantitative estimate of drug-likeness (QED) is 0.630. The Balaban J connectivity index is 1.31. The van der Waals surface area contributed by atoms with Crippen molar-refractivity contribution in [3.63, 3.8) is 0 Å². The van der Waals surface area contributed by atoms with Crippen LogP contribution in [-0.2, 0) is 6.42 Å². The summed E-state index contributed by atoms with van der Waals surface area (Å²) in [6.07, 6.45) is 5.98. The number of rotatable bonds is 2. The average molecular weight is 451 g/mol. The second kappa shape index (κ2) is 7.62. The summed E-state index contributed by atoms with van der Waals surface area (Å²) < 4.78 is 0. The van der Waals surface area contributed by atoms with Gasteiger partial charge in [0.1, 0.15) is 0 Å². The molecule has 0 N–H and O–H groups in total. The first kappa shape index (κ1) is 20.8. The fraction of sp³-hybridized carbons (Fsp3) is 0.286. The maximum Gasteiger partial charge on any atom is 0.256 e. The van der Waals surface area contributed by atoms with E-state index in [1.54, 1.807) is 0 Å². The molecule has 0 radical (unpaired) electrons. The molecule has 6 heteroatoms. The summed E-state index contributed by atoms with van der Waals surface area (Å²) >= 11 is 0. The molecule has 2 aromatic carbocycles. The van der Waals surface area contributed by atoms with Gasteiger partial charge < -0.3 is 9.80 Å². The van der Waals surface area contributed by atoms with Crippen molar-refractivity contribution in [1.29, 1.82) is 0 Å². The molecule has 0 bridgehead atoms. The zero-order valence-electron chi connectivity index (χ0n) is 19.3. The molecule has 170 valence electrons. The van der Waals surface area contributed by atoms with E-state index < -0.39 is 0 Å². The lowest BCUT2D eigenvalue weighted by atomic mass is 9.95. The van der Waals surface area contributed by atoms with Gasteiger partial charge in [-0.15, -0.1) is 0 Å². The number of aliphatic imine (C=N–C) groups is 2. The molecule has 0 aliphatic carbocycles. The molecule has 2 atom stereocenters. The van der Waals surface area contributed by atoms with Crippen LogP contribution in [0.1, 0.15) is 50.2 Å². The maximum atomic E-state index is 13.2. The number of benzene rings is 2. The third-order valence-corrected chi connectivity index (χ3v) is 7.25. The smallest absolute Gasteiger partial charge is 0.256 e. The van der Waals surface area contributed by atoms with Crippen LogP contribution < -0.4 is 0 Å². The molecule has 0 spiro atoms. The largest absolute Gasteiger partial charge is 0.326 e. The Kier molecular flexibility index (Phi) is 4.66. The Hall–Kier alpha value is -3.80. The summed E-state index contributed by atoms with van der Waals surface area (Å²) in [5, 5.41) is 0. The Bertz CT molecular complexity index is 1350. The van der Waals surface area contributed by atoms with E-state index in [9.17, 15) is 9.59 Å². The molecule has 34 heavy (non-hydrogen) atoms. The van der Waals surface area contributed by atoms with Crippen LogP contribution in [0.4, 0.5) is 11.4 Å². The van der Waals surface area contributed by atoms with Crippen LogP contribution in [0.25, 0.3) is 0 Å². The number of amides is 2. The first-order valence-electron chi connectivity index (χ1n) is 11.7. The van der Waals surface area contributed by atoms with Gasteiger partial charge in [-0.1, -0.05) is 30.4 Å². The topological polar surface area (TPSA) is 65.3 Å². The third kappa shape index (κ3) is 3.33. The van der Waals surface area contributed by atoms with Crippen molar-refractivity contribution in [2.75, 3.05) is 13.1 Å². The van der Waals surface area contributed by atoms with E-state index in [1.165, 1.54) is 0 Å². The highest BCUT2D eigenvalue weighted by molar-refractivity contribution is 6.04. The molecule has 2 aromatic rings. The van der Waals surface area contributed by atoms with Crippen molar-refractivity contribution in [2.45, 2.75) is 38.3 Å². The van der Waals surface area contributed by atoms with Crippen LogP contribution in [0.2, 0.25) is 0 Å². The van der Waals surface area contributed by atoms with Crippen LogP contribution in [0.15, 0.2) is 64.6 Å². The van der Waals surface area contributed by atoms with Crippen molar-refractivity contribution >= 4 is 35.6 Å². The van der Waals surface area contributed by atoms with Crippen LogP contribution in [0.5, 0.6) is 0 Å². The molecular formula is C28H26N4O2. The number of aryl methyl sites for hydroxylation is 1. The van der Waals surface area contributed by atoms with E-state index >= 15 is 0 Å². The normalized spacial score (nSPS) is 23.0. The Morgan fingerprint density at radius 1 is 0.853 bits per heavy atom. The highest BCUT2D eigenvalue weighted by atomic mass is 16.2. The van der Waals surface area contributed by atoms with Crippen LogP contribution in [-0.4, -0.2) is 59.2 Å². The van der Waals surface area contributed by atoms with Crippen LogP contribution in [0, 0.1) is 6.92 Å². The number of carbonyl (C=O) groups is 2. The molecule has 2 fully saturated rings. The molecule has 2 amide bonds. The molecule has 0 saturated carbocycles. The number of nitrogens with zero attached hydrogens (tertiary/aromatic N) is 4. The summed E-state index contributed by atoms with van der Waals surface area (Å²) in [7, 11) is 0. The van der Waals surface area contributed by atoms with E-state index in [-0.39, 0.29) is 23.9 Å². The van der Waals surface area contributed by atoms with Gasteiger partial charge in [0.2, 0.25) is 0 Å². The lowest BCUT2D eigenvalue weighted by Crippen LogP contribution is -2.35. The van der Waals surface area contributed by atoms with Gasteiger partial charge in [-0.05, 0) is 67.1 Å². The maximum absolute atomic E-state index is 13.2. The van der Waals surface area contributed by atoms with Crippen molar-refractivity contribution in [1.82, 2.24) is 9.80 Å². The highest BCUT2D eigenvalue weighted by Gasteiger charge is 2.35. The standard InChI is InChI=1S/C28H26N4O2/c1-16-6-21-12-29-25-10-19(4-5-23(25)27(33)31(21)14-16)9-20-11-26-24(8-18(20)3)28(34)32-15-17(2)7-22(32)13-30-26/h4-5,8,10-13,21-22H,1-2,6-7,9,14-15H2,3H3/t21-,22-/m0/s1. The number of hydrogen-bond acceptors (Lipinski definition) is 4. The molecule has 0 aromatic heterocycles. The van der Waals surface area contributed by atoms with E-state index in [1.807, 2.05) is 59.5 Å². The van der Waals surface area contributed by atoms with Gasteiger partial charge in [-0.25, -0.2) is 0 Å². The summed E-state index contributed by atoms with van der Waals surface area (Å²) in [4.78, 5) is 39.3. The molecule has 4 heterocycles. The predicted octanol–water partition coefficient (Wildman–Crippen LogP) is 4.56. The van der Waals surface area contributed by atoms with E-state index in [4.69, 9.17) is 0 Å². The SMILES string of the molecule is C=C1C[C@H]2C=Nc3cc(Cc4cc5c(cc4C)C(=O)N4CC(=C)C[C@H]4C=N5)ccc3C(=O)N2C1. The third-order valence-electron chi connectivity index (χ3n) is 7.25. The van der Waals surface area contributed by atoms with Crippen molar-refractivity contribution in [2.24, 2.45) is 9.98 Å². The Morgan fingerprint density at radius 2 is 1.44 bits per heavy atom. The minimum atomic E-state index is -0.0106. The number of carbonyl (C=O) groups excluding carboxylic acids is 2. The minimum Gasteiger partial charge on any atom is -0.326 e. The zero-order valence-corrected chi connectivity index (χ0v) is 19.3. The van der Waals surface area contributed by atoms with Crippen LogP contribution >= 0.6 is 0 Å². The second-order valence-corrected chi connectivity index (χ2v) is 9.79. The number of fused-ring (bicyclic) bond motifs is 4. The molecule has 2 saturated heterocycles. The van der Waals surface area contributed by atoms with Gasteiger partial charge in [0.15, 0.2) is 0 Å². The molecule has 6 rings (SSSR count). The van der Waals surface area contributed by atoms with Gasteiger partial charge in [0.25, 0.3) is 11.8 Å². The monoisotopic (exact) mass is 450 g/mol. The fourth-order valence-corrected chi connectivity index (χ4v) is 5.41. The Labute approximate surface area is 199 Å². The molecule has 4 aliphatic rings. The minimum absolute atomic E-state index is 0.00882. The van der Waals surface area contributed by atoms with Gasteiger partial charge in [-0.2, -0.15) is 0 Å². The van der Waals surface area contributed by atoms with Gasteiger partial charge in [0, 0.05) is 25.5 Å². The summed E-state index contributed by atoms with van der Waals surface area (Å²) in [6.45, 7) is 11.3. The van der Waals surface area contributed by atoms with E-state index in [0.717, 1.165) is 46.4 Å². The number of hydrogen-bond donors (Lipinski definition) is 0. The first-order valence-corrected chi connectivity index (χ1v) is 11.7. The zero-order chi connectivity index (χ0) is 23.6. The highest BCUT2D eigenvalue weighted by Crippen LogP contribution is 2.34. The molecular weight excluding hydrogens is 424 g/mol. The van der Waals surface area contributed by atoms with Gasteiger partial charge in [-0.3, -0.25) is 19.6 Å². The van der Waals surface area contributed by atoms with E-state index in [0.29, 0.717) is 36.3 Å². The summed E-state index contributed by atoms with van der Waals surface area (Å²) in [6, 6.07) is 9.85. The van der Waals surface area contributed by atoms with Gasteiger partial charge in [0.05, 0.1) is 34.6 Å². The Morgan fingerprint density at radius 3 is 2.09 bits per heavy atom. The first-order chi connectivity index (χ1) is 16.4. The summed E-state index contributed by atoms with van der Waals surface area (Å²) in [5.74, 6) is 0.0342. The van der Waals surface area contributed by atoms with Crippen LogP contribution in [0.3, 0.4) is 0 Å². The van der Waals surface area contributed by atoms with E-state index in [2.05, 4.69) is 23.1 Å². The van der Waals surface area contributed by atoms with Gasteiger partial charge >= 0.3 is 0 Å².